The molecule has 0 heterocycles. The summed E-state index contributed by atoms with van der Waals surface area (Å²) < 4.78 is 0. The molecule has 4 heteroatoms. The van der Waals surface area contributed by atoms with E-state index in [0.717, 1.165) is 24.9 Å². The quantitative estimate of drug-likeness (QED) is 0.608. The molecule has 1 aromatic carbocycles. The topological polar surface area (TPSA) is 69.6 Å². The van der Waals surface area contributed by atoms with Gasteiger partial charge in [0.2, 0.25) is 0 Å². The molecule has 4 nitrogen and oxygen atoms in total. The number of hydrogen-bond donors (Lipinski definition) is 3. The maximum atomic E-state index is 10.4. The number of nitrogens with one attached hydrogen (secondary N) is 1. The van der Waals surface area contributed by atoms with E-state index in [4.69, 9.17) is 5.11 Å². The van der Waals surface area contributed by atoms with Gasteiger partial charge in [-0.1, -0.05) is 36.2 Å². The van der Waals surface area contributed by atoms with Crippen LogP contribution >= 0.6 is 0 Å². The van der Waals surface area contributed by atoms with Gasteiger partial charge in [0.05, 0.1) is 6.10 Å². The Morgan fingerprint density at radius 3 is 2.45 bits per heavy atom. The molecular weight excluding hydrogens is 254 g/mol. The highest BCUT2D eigenvalue weighted by molar-refractivity contribution is 5.66. The third-order valence-corrected chi connectivity index (χ3v) is 3.43. The third-order valence-electron chi connectivity index (χ3n) is 3.43. The number of carbonyl (C=O) groups is 1. The number of benzene rings is 1. The summed E-state index contributed by atoms with van der Waals surface area (Å²) in [4.78, 5) is 10.4. The van der Waals surface area contributed by atoms with Gasteiger partial charge in [0.1, 0.15) is 0 Å². The lowest BCUT2D eigenvalue weighted by Gasteiger charge is -2.20. The van der Waals surface area contributed by atoms with Crippen LogP contribution in [0.25, 0.3) is 0 Å². The first-order valence-electron chi connectivity index (χ1n) is 7.20. The molecular formula is C16H25NO3. The summed E-state index contributed by atoms with van der Waals surface area (Å²) in [5.74, 6) is -0.735. The van der Waals surface area contributed by atoms with Gasteiger partial charge in [0, 0.05) is 12.5 Å². The smallest absolute Gasteiger partial charge is 0.303 e. The van der Waals surface area contributed by atoms with Crippen molar-refractivity contribution in [3.05, 3.63) is 35.4 Å². The van der Waals surface area contributed by atoms with Crippen LogP contribution in [0.5, 0.6) is 0 Å². The van der Waals surface area contributed by atoms with E-state index in [1.807, 2.05) is 38.1 Å². The molecule has 1 aromatic rings. The maximum absolute atomic E-state index is 10.4. The van der Waals surface area contributed by atoms with E-state index in [9.17, 15) is 9.90 Å². The molecule has 0 aromatic heterocycles. The zero-order valence-electron chi connectivity index (χ0n) is 12.3. The Labute approximate surface area is 120 Å². The van der Waals surface area contributed by atoms with Crippen molar-refractivity contribution in [2.75, 3.05) is 6.54 Å². The number of unbranched alkanes of at least 4 members (excludes halogenated alkanes) is 2. The average molecular weight is 279 g/mol. The molecule has 2 atom stereocenters. The Morgan fingerprint density at radius 1 is 1.20 bits per heavy atom. The van der Waals surface area contributed by atoms with Crippen LogP contribution in [0.4, 0.5) is 0 Å². The van der Waals surface area contributed by atoms with Crippen LogP contribution in [0, 0.1) is 6.92 Å². The van der Waals surface area contributed by atoms with Crippen molar-refractivity contribution in [1.29, 1.82) is 0 Å². The second-order valence-corrected chi connectivity index (χ2v) is 5.30. The van der Waals surface area contributed by atoms with Gasteiger partial charge in [0.15, 0.2) is 0 Å². The van der Waals surface area contributed by atoms with Crippen molar-refractivity contribution in [3.8, 4) is 0 Å². The largest absolute Gasteiger partial charge is 0.481 e. The lowest BCUT2D eigenvalue weighted by molar-refractivity contribution is -0.137. The molecule has 0 amide bonds. The second kappa shape index (κ2) is 8.72. The molecule has 112 valence electrons. The number of aliphatic hydroxyl groups excluding tert-OH is 1. The molecule has 0 saturated heterocycles. The summed E-state index contributed by atoms with van der Waals surface area (Å²) in [6, 6.07) is 7.88. The van der Waals surface area contributed by atoms with E-state index >= 15 is 0 Å². The molecule has 3 N–H and O–H groups in total. The lowest BCUT2D eigenvalue weighted by atomic mass is 10.0. The van der Waals surface area contributed by atoms with Gasteiger partial charge in [-0.2, -0.15) is 0 Å². The lowest BCUT2D eigenvalue weighted by Crippen LogP contribution is -2.32. The van der Waals surface area contributed by atoms with Gasteiger partial charge < -0.3 is 15.5 Å². The summed E-state index contributed by atoms with van der Waals surface area (Å²) in [6.07, 6.45) is 2.26. The monoisotopic (exact) mass is 279 g/mol. The number of carboxylic acid groups (broad SMARTS) is 1. The molecule has 0 radical (unpaired) electrons. The zero-order chi connectivity index (χ0) is 15.0. The van der Waals surface area contributed by atoms with Gasteiger partial charge in [0.25, 0.3) is 0 Å². The van der Waals surface area contributed by atoms with Gasteiger partial charge in [-0.3, -0.25) is 4.79 Å². The number of aliphatic hydroxyl groups is 1. The molecule has 2 unspecified atom stereocenters. The van der Waals surface area contributed by atoms with Crippen molar-refractivity contribution in [2.45, 2.75) is 51.7 Å². The first kappa shape index (κ1) is 16.7. The van der Waals surface area contributed by atoms with Crippen LogP contribution in [-0.2, 0) is 4.79 Å². The molecule has 0 spiro atoms. The Balaban J connectivity index is 2.23. The molecule has 0 aliphatic rings. The van der Waals surface area contributed by atoms with Crippen LogP contribution in [0.1, 0.15) is 49.8 Å². The van der Waals surface area contributed by atoms with Crippen LogP contribution in [0.3, 0.4) is 0 Å². The van der Waals surface area contributed by atoms with Crippen molar-refractivity contribution < 1.29 is 15.0 Å². The van der Waals surface area contributed by atoms with Crippen LogP contribution in [0.15, 0.2) is 24.3 Å². The van der Waals surface area contributed by atoms with E-state index in [-0.39, 0.29) is 12.5 Å². The summed E-state index contributed by atoms with van der Waals surface area (Å²) in [5.41, 5.74) is 2.10. The maximum Gasteiger partial charge on any atom is 0.303 e. The van der Waals surface area contributed by atoms with E-state index < -0.39 is 12.1 Å². The highest BCUT2D eigenvalue weighted by atomic mass is 16.4. The number of hydrogen-bond acceptors (Lipinski definition) is 3. The fourth-order valence-corrected chi connectivity index (χ4v) is 2.07. The highest BCUT2D eigenvalue weighted by Crippen LogP contribution is 2.17. The first-order valence-corrected chi connectivity index (χ1v) is 7.20. The molecule has 20 heavy (non-hydrogen) atoms. The summed E-state index contributed by atoms with van der Waals surface area (Å²) in [7, 11) is 0. The molecule has 0 bridgehead atoms. The van der Waals surface area contributed by atoms with E-state index in [0.29, 0.717) is 6.42 Å². The molecule has 0 aliphatic heterocycles. The van der Waals surface area contributed by atoms with Gasteiger partial charge in [-0.15, -0.1) is 0 Å². The molecule has 0 fully saturated rings. The Kier molecular flexibility index (Phi) is 7.26. The predicted octanol–water partition coefficient (Wildman–Crippen LogP) is 2.65. The normalized spacial score (nSPS) is 13.9. The third kappa shape index (κ3) is 6.17. The standard InChI is InChI=1S/C16H25NO3/c1-12-7-9-14(10-8-12)16(20)13(2)17-11-5-3-4-6-15(18)19/h7-10,13,16-17,20H,3-6,11H2,1-2H3,(H,18,19). The second-order valence-electron chi connectivity index (χ2n) is 5.30. The van der Waals surface area contributed by atoms with E-state index in [1.165, 1.54) is 5.56 Å². The Bertz CT molecular complexity index is 403. The van der Waals surface area contributed by atoms with Crippen molar-refractivity contribution in [3.63, 3.8) is 0 Å². The van der Waals surface area contributed by atoms with Gasteiger partial charge in [-0.25, -0.2) is 0 Å². The van der Waals surface area contributed by atoms with Crippen LogP contribution < -0.4 is 5.32 Å². The number of aliphatic carboxylic acids is 1. The van der Waals surface area contributed by atoms with Crippen molar-refractivity contribution >= 4 is 5.97 Å². The SMILES string of the molecule is Cc1ccc(C(O)C(C)NCCCCCC(=O)O)cc1. The van der Waals surface area contributed by atoms with Gasteiger partial charge in [-0.05, 0) is 38.8 Å². The average Bonchev–Trinajstić information content (AvgIpc) is 2.42. The molecule has 0 saturated carbocycles. The molecule has 0 aliphatic carbocycles. The number of carboxylic acids is 1. The zero-order valence-corrected chi connectivity index (χ0v) is 12.3. The predicted molar refractivity (Wildman–Crippen MR) is 79.7 cm³/mol. The van der Waals surface area contributed by atoms with E-state index in [2.05, 4.69) is 5.32 Å². The minimum absolute atomic E-state index is 0.0165. The van der Waals surface area contributed by atoms with Crippen LogP contribution in [0.2, 0.25) is 0 Å². The van der Waals surface area contributed by atoms with Crippen LogP contribution in [-0.4, -0.2) is 28.8 Å². The number of aryl methyl sites for hydroxylation is 1. The van der Waals surface area contributed by atoms with E-state index in [1.54, 1.807) is 0 Å². The minimum atomic E-state index is -0.735. The fourth-order valence-electron chi connectivity index (χ4n) is 2.07. The fraction of sp³-hybridized carbons (Fsp3) is 0.562. The number of rotatable bonds is 9. The minimum Gasteiger partial charge on any atom is -0.481 e. The van der Waals surface area contributed by atoms with Crippen molar-refractivity contribution in [2.24, 2.45) is 0 Å². The van der Waals surface area contributed by atoms with Crippen molar-refractivity contribution in [1.82, 2.24) is 5.32 Å². The van der Waals surface area contributed by atoms with Gasteiger partial charge >= 0.3 is 5.97 Å². The first-order chi connectivity index (χ1) is 9.50. The summed E-state index contributed by atoms with van der Waals surface area (Å²) >= 11 is 0. The Morgan fingerprint density at radius 2 is 1.85 bits per heavy atom. The molecule has 1 rings (SSSR count). The highest BCUT2D eigenvalue weighted by Gasteiger charge is 2.15. The Hall–Kier alpha value is -1.39. The summed E-state index contributed by atoms with van der Waals surface area (Å²) in [5, 5.41) is 22.0. The summed E-state index contributed by atoms with van der Waals surface area (Å²) in [6.45, 7) is 4.78.